The average molecular weight is 405 g/mol. The van der Waals surface area contributed by atoms with E-state index in [2.05, 4.69) is 34.6 Å². The van der Waals surface area contributed by atoms with Gasteiger partial charge in [-0.1, -0.05) is 24.3 Å². The highest BCUT2D eigenvalue weighted by atomic mass is 16.5. The van der Waals surface area contributed by atoms with Crippen molar-refractivity contribution in [2.45, 2.75) is 57.6 Å². The highest BCUT2D eigenvalue weighted by molar-refractivity contribution is 5.95. The lowest BCUT2D eigenvalue weighted by Crippen LogP contribution is -2.25. The molecule has 0 aliphatic heterocycles. The van der Waals surface area contributed by atoms with E-state index in [9.17, 15) is 4.79 Å². The van der Waals surface area contributed by atoms with Gasteiger partial charge in [0.2, 0.25) is 11.8 Å². The summed E-state index contributed by atoms with van der Waals surface area (Å²) in [5.41, 5.74) is 4.05. The Hall–Kier alpha value is -2.73. The van der Waals surface area contributed by atoms with E-state index in [0.717, 1.165) is 42.9 Å². The van der Waals surface area contributed by atoms with Gasteiger partial charge >= 0.3 is 0 Å². The van der Waals surface area contributed by atoms with Crippen molar-refractivity contribution in [1.29, 1.82) is 0 Å². The molecule has 1 N–H and O–H groups in total. The molecule has 1 amide bonds. The van der Waals surface area contributed by atoms with Crippen LogP contribution in [0.25, 0.3) is 5.57 Å². The SMILES string of the molecule is Cc1ccc(C(=O)NC2CC2)cc1C1C=CC(c2nnc(COCC3CC3)o2)=CC1. The van der Waals surface area contributed by atoms with Gasteiger partial charge in [-0.3, -0.25) is 4.79 Å². The molecule has 1 heterocycles. The van der Waals surface area contributed by atoms with Crippen molar-refractivity contribution < 1.29 is 13.9 Å². The van der Waals surface area contributed by atoms with Crippen LogP contribution in [0.15, 0.2) is 40.8 Å². The van der Waals surface area contributed by atoms with Crippen molar-refractivity contribution in [3.63, 3.8) is 0 Å². The molecule has 3 aliphatic rings. The number of carbonyl (C=O) groups excluding carboxylic acids is 1. The molecule has 156 valence electrons. The Labute approximate surface area is 176 Å². The molecule has 5 rings (SSSR count). The number of aromatic nitrogens is 2. The van der Waals surface area contributed by atoms with Crippen molar-refractivity contribution in [2.75, 3.05) is 6.61 Å². The van der Waals surface area contributed by atoms with Gasteiger partial charge in [0.05, 0.1) is 6.61 Å². The topological polar surface area (TPSA) is 77.2 Å². The zero-order chi connectivity index (χ0) is 20.5. The number of benzene rings is 1. The monoisotopic (exact) mass is 405 g/mol. The van der Waals surface area contributed by atoms with Crippen molar-refractivity contribution in [3.8, 4) is 0 Å². The third-order valence-corrected chi connectivity index (χ3v) is 5.94. The van der Waals surface area contributed by atoms with Gasteiger partial charge in [0.1, 0.15) is 6.61 Å². The summed E-state index contributed by atoms with van der Waals surface area (Å²) < 4.78 is 11.4. The third-order valence-electron chi connectivity index (χ3n) is 5.94. The van der Waals surface area contributed by atoms with Gasteiger partial charge in [0, 0.05) is 23.1 Å². The van der Waals surface area contributed by atoms with Crippen LogP contribution in [0.4, 0.5) is 0 Å². The first-order valence-corrected chi connectivity index (χ1v) is 10.9. The van der Waals surface area contributed by atoms with Crippen LogP contribution in [0, 0.1) is 12.8 Å². The second-order valence-corrected chi connectivity index (χ2v) is 8.64. The Bertz CT molecular complexity index is 999. The number of allylic oxidation sites excluding steroid dienone is 4. The van der Waals surface area contributed by atoms with Gasteiger partial charge in [0.15, 0.2) is 0 Å². The number of aryl methyl sites for hydroxylation is 1. The highest BCUT2D eigenvalue weighted by Gasteiger charge is 2.25. The molecule has 1 atom stereocenters. The van der Waals surface area contributed by atoms with Crippen LogP contribution in [-0.2, 0) is 11.3 Å². The van der Waals surface area contributed by atoms with Gasteiger partial charge in [-0.15, -0.1) is 10.2 Å². The zero-order valence-electron chi connectivity index (χ0n) is 17.3. The number of nitrogens with zero attached hydrogens (tertiary/aromatic N) is 2. The summed E-state index contributed by atoms with van der Waals surface area (Å²) in [6.45, 7) is 3.24. The maximum absolute atomic E-state index is 12.4. The predicted molar refractivity (Wildman–Crippen MR) is 113 cm³/mol. The van der Waals surface area contributed by atoms with Crippen LogP contribution in [0.3, 0.4) is 0 Å². The highest BCUT2D eigenvalue weighted by Crippen LogP contribution is 2.33. The summed E-state index contributed by atoms with van der Waals surface area (Å²) in [5, 5.41) is 11.3. The Balaban J connectivity index is 1.23. The summed E-state index contributed by atoms with van der Waals surface area (Å²) in [7, 11) is 0. The fourth-order valence-electron chi connectivity index (χ4n) is 3.71. The Morgan fingerprint density at radius 2 is 2.10 bits per heavy atom. The number of hydrogen-bond donors (Lipinski definition) is 1. The number of nitrogens with one attached hydrogen (secondary N) is 1. The maximum atomic E-state index is 12.4. The standard InChI is InChI=1S/C24H27N3O3/c1-15-2-5-19(23(28)25-20-10-11-20)12-21(15)17-6-8-18(9-7-17)24-27-26-22(30-24)14-29-13-16-3-4-16/h2,5-6,8-9,12,16-17,20H,3-4,7,10-11,13-14H2,1H3,(H,25,28). The van der Waals surface area contributed by atoms with Crippen LogP contribution >= 0.6 is 0 Å². The predicted octanol–water partition coefficient (Wildman–Crippen LogP) is 4.32. The number of ether oxygens (including phenoxy) is 1. The van der Waals surface area contributed by atoms with Crippen molar-refractivity contribution in [2.24, 2.45) is 5.92 Å². The minimum absolute atomic E-state index is 0.0251. The van der Waals surface area contributed by atoms with E-state index in [1.54, 1.807) is 0 Å². The fourth-order valence-corrected chi connectivity index (χ4v) is 3.71. The Morgan fingerprint density at radius 1 is 1.23 bits per heavy atom. The van der Waals surface area contributed by atoms with E-state index in [4.69, 9.17) is 9.15 Å². The zero-order valence-corrected chi connectivity index (χ0v) is 17.3. The van der Waals surface area contributed by atoms with Crippen LogP contribution in [-0.4, -0.2) is 28.8 Å². The van der Waals surface area contributed by atoms with Crippen LogP contribution in [0.1, 0.15) is 71.3 Å². The van der Waals surface area contributed by atoms with E-state index < -0.39 is 0 Å². The van der Waals surface area contributed by atoms with Gasteiger partial charge < -0.3 is 14.5 Å². The van der Waals surface area contributed by atoms with Crippen molar-refractivity contribution >= 4 is 11.5 Å². The summed E-state index contributed by atoms with van der Waals surface area (Å²) in [6.07, 6.45) is 11.9. The van der Waals surface area contributed by atoms with E-state index >= 15 is 0 Å². The summed E-state index contributed by atoms with van der Waals surface area (Å²) >= 11 is 0. The molecular weight excluding hydrogens is 378 g/mol. The lowest BCUT2D eigenvalue weighted by atomic mass is 9.86. The average Bonchev–Trinajstić information content (AvgIpc) is 3.69. The second kappa shape index (κ2) is 8.19. The smallest absolute Gasteiger partial charge is 0.251 e. The molecule has 2 saturated carbocycles. The van der Waals surface area contributed by atoms with Gasteiger partial charge in [-0.25, -0.2) is 0 Å². The van der Waals surface area contributed by atoms with Gasteiger partial charge in [-0.2, -0.15) is 0 Å². The van der Waals surface area contributed by atoms with Crippen molar-refractivity contribution in [3.05, 3.63) is 64.9 Å². The lowest BCUT2D eigenvalue weighted by Gasteiger charge is -2.19. The molecule has 0 spiro atoms. The molecule has 0 radical (unpaired) electrons. The molecule has 2 aromatic rings. The largest absolute Gasteiger partial charge is 0.418 e. The van der Waals surface area contributed by atoms with E-state index in [1.807, 2.05) is 24.3 Å². The summed E-state index contributed by atoms with van der Waals surface area (Å²) in [4.78, 5) is 12.4. The fraction of sp³-hybridized carbons (Fsp3) is 0.458. The number of amides is 1. The Kier molecular flexibility index (Phi) is 5.25. The number of carbonyl (C=O) groups is 1. The van der Waals surface area contributed by atoms with Crippen molar-refractivity contribution in [1.82, 2.24) is 15.5 Å². The van der Waals surface area contributed by atoms with Gasteiger partial charge in [-0.05, 0) is 68.2 Å². The van der Waals surface area contributed by atoms with Gasteiger partial charge in [0.25, 0.3) is 5.91 Å². The van der Waals surface area contributed by atoms with Crippen LogP contribution in [0.2, 0.25) is 0 Å². The third kappa shape index (κ3) is 4.54. The number of hydrogen-bond acceptors (Lipinski definition) is 5. The molecule has 6 nitrogen and oxygen atoms in total. The normalized spacial score (nSPS) is 20.8. The molecule has 1 unspecified atom stereocenters. The first-order valence-electron chi connectivity index (χ1n) is 10.9. The van der Waals surface area contributed by atoms with E-state index in [-0.39, 0.29) is 11.8 Å². The minimum atomic E-state index is 0.0251. The van der Waals surface area contributed by atoms with E-state index in [0.29, 0.717) is 24.4 Å². The Morgan fingerprint density at radius 3 is 2.83 bits per heavy atom. The molecule has 0 saturated heterocycles. The van der Waals surface area contributed by atoms with E-state index in [1.165, 1.54) is 24.0 Å². The van der Waals surface area contributed by atoms with Crippen LogP contribution < -0.4 is 5.32 Å². The summed E-state index contributed by atoms with van der Waals surface area (Å²) in [5.74, 6) is 2.02. The molecule has 1 aromatic heterocycles. The first kappa shape index (κ1) is 19.2. The molecular formula is C24H27N3O3. The minimum Gasteiger partial charge on any atom is -0.418 e. The van der Waals surface area contributed by atoms with Crippen LogP contribution in [0.5, 0.6) is 0 Å². The number of rotatable bonds is 8. The maximum Gasteiger partial charge on any atom is 0.251 e. The molecule has 0 bridgehead atoms. The molecule has 2 fully saturated rings. The molecule has 6 heteroatoms. The molecule has 3 aliphatic carbocycles. The second-order valence-electron chi connectivity index (χ2n) is 8.64. The molecule has 30 heavy (non-hydrogen) atoms. The summed E-state index contributed by atoms with van der Waals surface area (Å²) in [6, 6.07) is 6.34. The lowest BCUT2D eigenvalue weighted by molar-refractivity contribution is 0.0936. The quantitative estimate of drug-likeness (QED) is 0.708. The first-order chi connectivity index (χ1) is 14.7. The molecule has 1 aromatic carbocycles.